The highest BCUT2D eigenvalue weighted by atomic mass is 16.3. The van der Waals surface area contributed by atoms with Crippen LogP contribution in [0.5, 0.6) is 0 Å². The van der Waals surface area contributed by atoms with Crippen LogP contribution in [0.4, 0.5) is 5.82 Å². The fourth-order valence-corrected chi connectivity index (χ4v) is 4.17. The number of hydrogen-bond donors (Lipinski definition) is 0. The van der Waals surface area contributed by atoms with Crippen LogP contribution in [0.2, 0.25) is 0 Å². The van der Waals surface area contributed by atoms with Gasteiger partial charge in [0.2, 0.25) is 0 Å². The molecule has 0 atom stereocenters. The maximum absolute atomic E-state index is 11.0. The van der Waals surface area contributed by atoms with Crippen LogP contribution in [0.1, 0.15) is 62.6 Å². The number of carbonyl (C=O) groups excluding carboxylic acids is 1. The molecule has 5 rings (SSSR count). The van der Waals surface area contributed by atoms with Crippen molar-refractivity contribution < 1.29 is 9.21 Å². The lowest BCUT2D eigenvalue weighted by Crippen LogP contribution is -2.12. The van der Waals surface area contributed by atoms with Crippen molar-refractivity contribution in [3.05, 3.63) is 72.5 Å². The van der Waals surface area contributed by atoms with Crippen molar-refractivity contribution in [1.82, 2.24) is 15.0 Å². The summed E-state index contributed by atoms with van der Waals surface area (Å²) in [6.07, 6.45) is 8.92. The zero-order valence-corrected chi connectivity index (χ0v) is 22.4. The van der Waals surface area contributed by atoms with E-state index in [-0.39, 0.29) is 5.78 Å². The van der Waals surface area contributed by atoms with Gasteiger partial charge in [-0.3, -0.25) is 4.79 Å². The van der Waals surface area contributed by atoms with Crippen LogP contribution >= 0.6 is 0 Å². The summed E-state index contributed by atoms with van der Waals surface area (Å²) in [5.74, 6) is 4.60. The first kappa shape index (κ1) is 27.1. The fourth-order valence-electron chi connectivity index (χ4n) is 4.17. The molecular formula is C30H38N4O2. The molecule has 2 aromatic heterocycles. The van der Waals surface area contributed by atoms with E-state index < -0.39 is 0 Å². The standard InChI is InChI=1S/C11H13N3.C11H9NO2.C8H16/c1-8-12-10-7-5-4-6-9(10)11(13-8)14(2)3;1-8(13)9-2-4-10(5-3-9)11-6-12-7-14-11;1-7-3-5-8(2)6-4-7/h4-7H,1-3H3;2-7H,1H3;7-8H,3-6H2,1-2H3. The van der Waals surface area contributed by atoms with Crippen molar-refractivity contribution in [3.8, 4) is 11.3 Å². The highest BCUT2D eigenvalue weighted by molar-refractivity contribution is 5.94. The first-order valence-corrected chi connectivity index (χ1v) is 12.6. The van der Waals surface area contributed by atoms with Gasteiger partial charge in [0.1, 0.15) is 11.6 Å². The molecule has 0 N–H and O–H groups in total. The second kappa shape index (κ2) is 13.0. The quantitative estimate of drug-likeness (QED) is 0.281. The van der Waals surface area contributed by atoms with Crippen molar-refractivity contribution in [2.24, 2.45) is 11.8 Å². The van der Waals surface area contributed by atoms with Gasteiger partial charge in [-0.2, -0.15) is 0 Å². The number of nitrogens with zero attached hydrogens (tertiary/aromatic N) is 4. The van der Waals surface area contributed by atoms with Crippen molar-refractivity contribution in [2.45, 2.75) is 53.4 Å². The molecule has 0 saturated heterocycles. The Morgan fingerprint density at radius 1 is 0.917 bits per heavy atom. The molecule has 190 valence electrons. The molecule has 0 unspecified atom stereocenters. The van der Waals surface area contributed by atoms with E-state index in [1.807, 2.05) is 62.3 Å². The van der Waals surface area contributed by atoms with E-state index in [9.17, 15) is 4.79 Å². The normalized spacial score (nSPS) is 16.8. The minimum Gasteiger partial charge on any atom is -0.444 e. The van der Waals surface area contributed by atoms with Gasteiger partial charge >= 0.3 is 0 Å². The molecular weight excluding hydrogens is 448 g/mol. The number of fused-ring (bicyclic) bond motifs is 1. The number of Topliss-reactive ketones (excluding diaryl/α,β-unsaturated/α-hetero) is 1. The summed E-state index contributed by atoms with van der Waals surface area (Å²) in [7, 11) is 3.99. The van der Waals surface area contributed by atoms with E-state index in [4.69, 9.17) is 4.42 Å². The Balaban J connectivity index is 0.000000157. The Morgan fingerprint density at radius 2 is 1.53 bits per heavy atom. The predicted octanol–water partition coefficient (Wildman–Crippen LogP) is 7.38. The second-order valence-corrected chi connectivity index (χ2v) is 9.87. The summed E-state index contributed by atoms with van der Waals surface area (Å²) in [5.41, 5.74) is 2.63. The zero-order chi connectivity index (χ0) is 26.1. The van der Waals surface area contributed by atoms with Gasteiger partial charge in [-0.25, -0.2) is 15.0 Å². The molecule has 0 radical (unpaired) electrons. The number of ketones is 1. The molecule has 1 fully saturated rings. The molecule has 0 amide bonds. The van der Waals surface area contributed by atoms with Crippen LogP contribution in [0, 0.1) is 18.8 Å². The highest BCUT2D eigenvalue weighted by Gasteiger charge is 2.13. The molecule has 36 heavy (non-hydrogen) atoms. The second-order valence-electron chi connectivity index (χ2n) is 9.87. The van der Waals surface area contributed by atoms with E-state index in [0.29, 0.717) is 11.3 Å². The molecule has 1 aliphatic carbocycles. The Bertz CT molecular complexity index is 1220. The maximum Gasteiger partial charge on any atom is 0.181 e. The number of carbonyl (C=O) groups is 1. The number of hydrogen-bond acceptors (Lipinski definition) is 6. The zero-order valence-electron chi connectivity index (χ0n) is 22.4. The molecule has 1 aliphatic rings. The smallest absolute Gasteiger partial charge is 0.181 e. The lowest BCUT2D eigenvalue weighted by atomic mass is 9.84. The topological polar surface area (TPSA) is 72.1 Å². The third kappa shape index (κ3) is 7.74. The average molecular weight is 487 g/mol. The number of rotatable bonds is 3. The van der Waals surface area contributed by atoms with Crippen LogP contribution in [-0.2, 0) is 0 Å². The third-order valence-corrected chi connectivity index (χ3v) is 6.43. The minimum absolute atomic E-state index is 0.0640. The van der Waals surface area contributed by atoms with E-state index in [1.165, 1.54) is 32.1 Å². The first-order chi connectivity index (χ1) is 17.2. The van der Waals surface area contributed by atoms with Crippen molar-refractivity contribution in [3.63, 3.8) is 0 Å². The SMILES string of the molecule is CC(=O)c1ccc(-c2cnco2)cc1.CC1CCC(C)CC1.Cc1nc(N(C)C)c2ccccc2n1. The number of aryl methyl sites for hydroxylation is 1. The van der Waals surface area contributed by atoms with Gasteiger partial charge < -0.3 is 9.32 Å². The molecule has 6 heteroatoms. The number of para-hydroxylation sites is 1. The number of benzene rings is 2. The van der Waals surface area contributed by atoms with Gasteiger partial charge in [0.15, 0.2) is 17.9 Å². The lowest BCUT2D eigenvalue weighted by Gasteiger charge is -2.22. The molecule has 6 nitrogen and oxygen atoms in total. The van der Waals surface area contributed by atoms with Crippen LogP contribution in [0.25, 0.3) is 22.2 Å². The van der Waals surface area contributed by atoms with E-state index >= 15 is 0 Å². The van der Waals surface area contributed by atoms with Crippen molar-refractivity contribution in [2.75, 3.05) is 19.0 Å². The Kier molecular flexibility index (Phi) is 9.74. The van der Waals surface area contributed by atoms with Crippen molar-refractivity contribution in [1.29, 1.82) is 0 Å². The number of oxazole rings is 1. The van der Waals surface area contributed by atoms with Crippen LogP contribution in [-0.4, -0.2) is 34.8 Å². The first-order valence-electron chi connectivity index (χ1n) is 12.6. The summed E-state index contributed by atoms with van der Waals surface area (Å²) in [6, 6.07) is 15.3. The fraction of sp³-hybridized carbons (Fsp3) is 0.400. The predicted molar refractivity (Wildman–Crippen MR) is 147 cm³/mol. The van der Waals surface area contributed by atoms with Gasteiger partial charge in [0.05, 0.1) is 11.7 Å². The maximum atomic E-state index is 11.0. The van der Waals surface area contributed by atoms with E-state index in [1.54, 1.807) is 25.3 Å². The Morgan fingerprint density at radius 3 is 2.06 bits per heavy atom. The summed E-state index contributed by atoms with van der Waals surface area (Å²) in [4.78, 5) is 25.6. The molecule has 0 bridgehead atoms. The molecule has 2 heterocycles. The lowest BCUT2D eigenvalue weighted by molar-refractivity contribution is 0.101. The average Bonchev–Trinajstić information content (AvgIpc) is 3.41. The Labute approximate surface area is 214 Å². The summed E-state index contributed by atoms with van der Waals surface area (Å²) < 4.78 is 5.12. The molecule has 0 aliphatic heterocycles. The number of anilines is 1. The van der Waals surface area contributed by atoms with E-state index in [0.717, 1.165) is 39.9 Å². The summed E-state index contributed by atoms with van der Waals surface area (Å²) in [5, 5.41) is 1.10. The summed E-state index contributed by atoms with van der Waals surface area (Å²) >= 11 is 0. The van der Waals surface area contributed by atoms with Gasteiger partial charge in [0, 0.05) is 30.6 Å². The highest BCUT2D eigenvalue weighted by Crippen LogP contribution is 2.27. The van der Waals surface area contributed by atoms with Gasteiger partial charge in [0.25, 0.3) is 0 Å². The van der Waals surface area contributed by atoms with Crippen molar-refractivity contribution >= 4 is 22.5 Å². The number of aromatic nitrogens is 3. The Hall–Kier alpha value is -3.54. The monoisotopic (exact) mass is 486 g/mol. The molecule has 1 saturated carbocycles. The van der Waals surface area contributed by atoms with Crippen LogP contribution in [0.15, 0.2) is 65.5 Å². The van der Waals surface area contributed by atoms with Gasteiger partial charge in [-0.1, -0.05) is 75.9 Å². The third-order valence-electron chi connectivity index (χ3n) is 6.43. The van der Waals surface area contributed by atoms with Gasteiger partial charge in [-0.05, 0) is 37.8 Å². The minimum atomic E-state index is 0.0640. The largest absolute Gasteiger partial charge is 0.444 e. The molecule has 0 spiro atoms. The van der Waals surface area contributed by atoms with Gasteiger partial charge in [-0.15, -0.1) is 0 Å². The van der Waals surface area contributed by atoms with E-state index in [2.05, 4.69) is 28.8 Å². The summed E-state index contributed by atoms with van der Waals surface area (Å²) in [6.45, 7) is 8.20. The van der Waals surface area contributed by atoms with Crippen LogP contribution in [0.3, 0.4) is 0 Å². The molecule has 4 aromatic rings. The molecule has 2 aromatic carbocycles. The van der Waals surface area contributed by atoms with Crippen LogP contribution < -0.4 is 4.90 Å².